The number of sulfonamides is 1. The highest BCUT2D eigenvalue weighted by Crippen LogP contribution is 2.36. The van der Waals surface area contributed by atoms with E-state index in [1.807, 2.05) is 18.2 Å². The van der Waals surface area contributed by atoms with Crippen LogP contribution >= 0.6 is 0 Å². The van der Waals surface area contributed by atoms with Gasteiger partial charge in [0, 0.05) is 32.3 Å². The maximum Gasteiger partial charge on any atom is 0.330 e. The fourth-order valence-corrected chi connectivity index (χ4v) is 4.93. The number of morpholine rings is 1. The molecule has 0 radical (unpaired) electrons. The summed E-state index contributed by atoms with van der Waals surface area (Å²) in [6.45, 7) is 2.76. The summed E-state index contributed by atoms with van der Waals surface area (Å²) in [7, 11) is 0.0547. The fraction of sp³-hybridized carbons (Fsp3) is 0.375. The molecule has 0 aromatic heterocycles. The lowest BCUT2D eigenvalue weighted by molar-refractivity contribution is -0.134. The van der Waals surface area contributed by atoms with E-state index < -0.39 is 16.0 Å². The normalized spacial score (nSPS) is 17.0. The molecule has 9 nitrogen and oxygen atoms in total. The summed E-state index contributed by atoms with van der Waals surface area (Å²) in [5.74, 6) is -0.273. The number of ether oxygens (including phenoxy) is 4. The van der Waals surface area contributed by atoms with E-state index in [0.29, 0.717) is 18.7 Å². The van der Waals surface area contributed by atoms with Gasteiger partial charge in [0.15, 0.2) is 11.5 Å². The van der Waals surface area contributed by atoms with Crippen LogP contribution in [0.15, 0.2) is 53.4 Å². The van der Waals surface area contributed by atoms with Gasteiger partial charge in [-0.15, -0.1) is 0 Å². The first-order valence-corrected chi connectivity index (χ1v) is 12.2. The molecule has 34 heavy (non-hydrogen) atoms. The standard InChI is InChI=1S/C24H30N2O7S/c1-30-21-13-19(9-10-23(27)31-2)14-22(24(21)32-3)34(28,29)25-15-20-17-26(11-12-33-20)16-18-7-5-4-6-8-18/h4-10,13-14,20,25H,11-12,15-17H2,1-3H3/b10-9+. The van der Waals surface area contributed by atoms with Gasteiger partial charge in [0.25, 0.3) is 0 Å². The van der Waals surface area contributed by atoms with Crippen molar-refractivity contribution in [2.24, 2.45) is 0 Å². The van der Waals surface area contributed by atoms with E-state index in [1.54, 1.807) is 6.07 Å². The lowest BCUT2D eigenvalue weighted by atomic mass is 10.2. The summed E-state index contributed by atoms with van der Waals surface area (Å²) in [5, 5.41) is 0. The molecule has 2 aromatic carbocycles. The van der Waals surface area contributed by atoms with Crippen molar-refractivity contribution >= 4 is 22.1 Å². The smallest absolute Gasteiger partial charge is 0.330 e. The van der Waals surface area contributed by atoms with Crippen molar-refractivity contribution in [3.05, 3.63) is 59.7 Å². The minimum atomic E-state index is -3.98. The molecule has 3 rings (SSSR count). The Bertz CT molecular complexity index is 1100. The molecule has 0 amide bonds. The lowest BCUT2D eigenvalue weighted by Gasteiger charge is -2.33. The van der Waals surface area contributed by atoms with Crippen molar-refractivity contribution < 1.29 is 32.2 Å². The maximum absolute atomic E-state index is 13.2. The van der Waals surface area contributed by atoms with Crippen molar-refractivity contribution in [3.63, 3.8) is 0 Å². The van der Waals surface area contributed by atoms with E-state index >= 15 is 0 Å². The Labute approximate surface area is 200 Å². The van der Waals surface area contributed by atoms with Crippen molar-refractivity contribution in [3.8, 4) is 11.5 Å². The molecular formula is C24H30N2O7S. The summed E-state index contributed by atoms with van der Waals surface area (Å²) < 4.78 is 50.1. The van der Waals surface area contributed by atoms with Crippen LogP contribution in [0.2, 0.25) is 0 Å². The third-order valence-electron chi connectivity index (χ3n) is 5.34. The molecule has 1 aliphatic heterocycles. The Hall–Kier alpha value is -2.92. The number of benzene rings is 2. The predicted molar refractivity (Wildman–Crippen MR) is 127 cm³/mol. The zero-order valence-corrected chi connectivity index (χ0v) is 20.3. The van der Waals surface area contributed by atoms with E-state index in [4.69, 9.17) is 14.2 Å². The highest BCUT2D eigenvalue weighted by Gasteiger charge is 2.27. The molecule has 0 aliphatic carbocycles. The number of carbonyl (C=O) groups is 1. The van der Waals surface area contributed by atoms with Gasteiger partial charge in [-0.2, -0.15) is 0 Å². The summed E-state index contributed by atoms with van der Waals surface area (Å²) in [4.78, 5) is 13.6. The van der Waals surface area contributed by atoms with Crippen molar-refractivity contribution in [1.29, 1.82) is 0 Å². The first-order valence-electron chi connectivity index (χ1n) is 10.8. The summed E-state index contributed by atoms with van der Waals surface area (Å²) in [6, 6.07) is 13.1. The van der Waals surface area contributed by atoms with Gasteiger partial charge in [-0.25, -0.2) is 17.9 Å². The molecule has 1 atom stereocenters. The van der Waals surface area contributed by atoms with Gasteiger partial charge in [0.05, 0.1) is 34.0 Å². The van der Waals surface area contributed by atoms with E-state index in [1.165, 1.54) is 45.1 Å². The van der Waals surface area contributed by atoms with Crippen molar-refractivity contribution in [1.82, 2.24) is 9.62 Å². The van der Waals surface area contributed by atoms with Crippen molar-refractivity contribution in [2.75, 3.05) is 47.6 Å². The van der Waals surface area contributed by atoms with Crippen molar-refractivity contribution in [2.45, 2.75) is 17.5 Å². The molecule has 0 saturated carbocycles. The lowest BCUT2D eigenvalue weighted by Crippen LogP contribution is -2.47. The molecule has 184 valence electrons. The maximum atomic E-state index is 13.2. The minimum Gasteiger partial charge on any atom is -0.493 e. The van der Waals surface area contributed by atoms with Crippen LogP contribution in [-0.2, 0) is 30.8 Å². The number of rotatable bonds is 10. The molecule has 1 aliphatic rings. The number of hydrogen-bond acceptors (Lipinski definition) is 8. The van der Waals surface area contributed by atoms with Gasteiger partial charge in [0.1, 0.15) is 4.90 Å². The van der Waals surface area contributed by atoms with Gasteiger partial charge in [-0.1, -0.05) is 30.3 Å². The van der Waals surface area contributed by atoms with Crippen LogP contribution in [0, 0.1) is 0 Å². The van der Waals surface area contributed by atoms with Crippen LogP contribution in [0.1, 0.15) is 11.1 Å². The van der Waals surface area contributed by atoms with Crippen LogP contribution in [-0.4, -0.2) is 73.0 Å². The second kappa shape index (κ2) is 12.0. The third-order valence-corrected chi connectivity index (χ3v) is 6.77. The highest BCUT2D eigenvalue weighted by molar-refractivity contribution is 7.89. The summed E-state index contributed by atoms with van der Waals surface area (Å²) in [5.41, 5.74) is 1.63. The van der Waals surface area contributed by atoms with Gasteiger partial charge in [-0.3, -0.25) is 4.90 Å². The van der Waals surface area contributed by atoms with Crippen LogP contribution in [0.5, 0.6) is 11.5 Å². The molecular weight excluding hydrogens is 460 g/mol. The number of methoxy groups -OCH3 is 3. The zero-order valence-electron chi connectivity index (χ0n) is 19.5. The molecule has 0 spiro atoms. The molecule has 1 saturated heterocycles. The first-order chi connectivity index (χ1) is 16.4. The van der Waals surface area contributed by atoms with E-state index in [-0.39, 0.29) is 29.0 Å². The number of esters is 1. The Morgan fingerprint density at radius 1 is 1.18 bits per heavy atom. The molecule has 1 heterocycles. The Balaban J connectivity index is 1.74. The van der Waals surface area contributed by atoms with Crippen LogP contribution in [0.25, 0.3) is 6.08 Å². The van der Waals surface area contributed by atoms with Crippen LogP contribution < -0.4 is 14.2 Å². The number of nitrogens with one attached hydrogen (secondary N) is 1. The number of carbonyl (C=O) groups excluding carboxylic acids is 1. The Kier molecular flexibility index (Phi) is 9.05. The van der Waals surface area contributed by atoms with Gasteiger partial charge < -0.3 is 18.9 Å². The topological polar surface area (TPSA) is 103 Å². The molecule has 1 unspecified atom stereocenters. The predicted octanol–water partition coefficient (Wildman–Crippen LogP) is 2.07. The average Bonchev–Trinajstić information content (AvgIpc) is 2.86. The molecule has 0 bridgehead atoms. The molecule has 1 fully saturated rings. The second-order valence-corrected chi connectivity index (χ2v) is 9.41. The second-order valence-electron chi connectivity index (χ2n) is 7.68. The van der Waals surface area contributed by atoms with E-state index in [2.05, 4.69) is 26.5 Å². The Morgan fingerprint density at radius 3 is 2.62 bits per heavy atom. The first kappa shape index (κ1) is 25.7. The molecule has 10 heteroatoms. The molecule has 2 aromatic rings. The van der Waals surface area contributed by atoms with Crippen LogP contribution in [0.4, 0.5) is 0 Å². The van der Waals surface area contributed by atoms with Gasteiger partial charge in [-0.05, 0) is 29.3 Å². The summed E-state index contributed by atoms with van der Waals surface area (Å²) in [6.07, 6.45) is 2.34. The minimum absolute atomic E-state index is 0.0699. The summed E-state index contributed by atoms with van der Waals surface area (Å²) >= 11 is 0. The number of hydrogen-bond donors (Lipinski definition) is 1. The van der Waals surface area contributed by atoms with Crippen LogP contribution in [0.3, 0.4) is 0 Å². The third kappa shape index (κ3) is 6.80. The van der Waals surface area contributed by atoms with E-state index in [0.717, 1.165) is 13.1 Å². The van der Waals surface area contributed by atoms with E-state index in [9.17, 15) is 13.2 Å². The quantitative estimate of drug-likeness (QED) is 0.399. The molecule has 1 N–H and O–H groups in total. The monoisotopic (exact) mass is 490 g/mol. The number of nitrogens with zero attached hydrogens (tertiary/aromatic N) is 1. The SMILES string of the molecule is COC(=O)/C=C/c1cc(OC)c(OC)c(S(=O)(=O)NCC2CN(Cc3ccccc3)CCO2)c1. The van der Waals surface area contributed by atoms with Gasteiger partial charge >= 0.3 is 5.97 Å². The zero-order chi connectivity index (χ0) is 24.6. The highest BCUT2D eigenvalue weighted by atomic mass is 32.2. The fourth-order valence-electron chi connectivity index (χ4n) is 3.65. The average molecular weight is 491 g/mol. The Morgan fingerprint density at radius 2 is 1.94 bits per heavy atom. The van der Waals surface area contributed by atoms with Gasteiger partial charge in [0.2, 0.25) is 10.0 Å². The largest absolute Gasteiger partial charge is 0.493 e.